The summed E-state index contributed by atoms with van der Waals surface area (Å²) in [5, 5.41) is -0.461. The smallest absolute Gasteiger partial charge is 0.294 e. The minimum Gasteiger partial charge on any atom is -0.488 e. The van der Waals surface area contributed by atoms with E-state index in [2.05, 4.69) is 22.6 Å². The van der Waals surface area contributed by atoms with E-state index < -0.39 is 11.1 Å². The van der Waals surface area contributed by atoms with Crippen LogP contribution in [0, 0.1) is 9.39 Å². The van der Waals surface area contributed by atoms with Crippen LogP contribution in [0.1, 0.15) is 11.1 Å². The van der Waals surface area contributed by atoms with Crippen LogP contribution in [0.3, 0.4) is 0 Å². The quantitative estimate of drug-likeness (QED) is 0.380. The first-order valence-corrected chi connectivity index (χ1v) is 12.1. The van der Waals surface area contributed by atoms with Gasteiger partial charge in [-0.2, -0.15) is 0 Å². The molecule has 0 bridgehead atoms. The summed E-state index contributed by atoms with van der Waals surface area (Å²) in [6.45, 7) is 1.77. The zero-order chi connectivity index (χ0) is 23.4. The van der Waals surface area contributed by atoms with E-state index in [1.54, 1.807) is 35.2 Å². The number of thioether (sulfide) groups is 1. The van der Waals surface area contributed by atoms with Crippen molar-refractivity contribution in [1.29, 1.82) is 0 Å². The molecule has 0 unspecified atom stereocenters. The predicted molar refractivity (Wildman–Crippen MR) is 130 cm³/mol. The Hall–Kier alpha value is -2.44. The second-order valence-corrected chi connectivity index (χ2v) is 9.52. The molecular weight excluding hydrogens is 562 g/mol. The van der Waals surface area contributed by atoms with Gasteiger partial charge in [0, 0.05) is 13.1 Å². The van der Waals surface area contributed by atoms with E-state index in [1.165, 1.54) is 12.1 Å². The molecule has 0 spiro atoms. The van der Waals surface area contributed by atoms with Crippen molar-refractivity contribution in [2.75, 3.05) is 32.8 Å². The van der Waals surface area contributed by atoms with Crippen molar-refractivity contribution in [3.63, 3.8) is 0 Å². The Labute approximate surface area is 208 Å². The topological polar surface area (TPSA) is 76.2 Å². The first-order valence-electron chi connectivity index (χ1n) is 10.2. The normalized spacial score (nSPS) is 17.7. The largest absolute Gasteiger partial charge is 0.488 e. The van der Waals surface area contributed by atoms with Gasteiger partial charge in [0.2, 0.25) is 5.91 Å². The lowest BCUT2D eigenvalue weighted by Crippen LogP contribution is -2.46. The summed E-state index contributed by atoms with van der Waals surface area (Å²) < 4.78 is 25.1. The van der Waals surface area contributed by atoms with E-state index in [1.807, 2.05) is 6.07 Å². The molecule has 0 atom stereocenters. The van der Waals surface area contributed by atoms with Crippen LogP contribution in [-0.2, 0) is 20.9 Å². The van der Waals surface area contributed by atoms with Gasteiger partial charge in [-0.25, -0.2) is 4.39 Å². The van der Waals surface area contributed by atoms with Crippen molar-refractivity contribution in [3.8, 4) is 5.75 Å². The number of nitrogens with zero attached hydrogens (tertiary/aromatic N) is 2. The minimum absolute atomic E-state index is 0.225. The third-order valence-electron chi connectivity index (χ3n) is 5.07. The standard InChI is InChI=1S/C23H20FIN2O5S/c24-17-3-1-2-16(10-17)14-32-19-5-4-15(11-18(19)25)12-20-22(29)27(23(30)33-20)13-21(28)26-6-8-31-9-7-26/h1-5,10-12H,6-9,13-14H2/b20-12+. The number of hydrogen-bond acceptors (Lipinski definition) is 6. The molecule has 2 aliphatic heterocycles. The van der Waals surface area contributed by atoms with Gasteiger partial charge in [-0.1, -0.05) is 18.2 Å². The van der Waals surface area contributed by atoms with Crippen molar-refractivity contribution < 1.29 is 28.2 Å². The van der Waals surface area contributed by atoms with Crippen molar-refractivity contribution in [2.45, 2.75) is 6.61 Å². The molecule has 2 aliphatic rings. The second kappa shape index (κ2) is 10.7. The second-order valence-electron chi connectivity index (χ2n) is 7.37. The maximum atomic E-state index is 13.3. The molecule has 2 aromatic carbocycles. The van der Waals surface area contributed by atoms with Crippen molar-refractivity contribution in [2.24, 2.45) is 0 Å². The van der Waals surface area contributed by atoms with Crippen molar-refractivity contribution >= 4 is 57.5 Å². The molecule has 0 aromatic heterocycles. The van der Waals surface area contributed by atoms with Crippen LogP contribution in [-0.4, -0.2) is 59.7 Å². The van der Waals surface area contributed by atoms with E-state index in [0.717, 1.165) is 31.4 Å². The number of morpholine rings is 1. The Morgan fingerprint density at radius 1 is 1.18 bits per heavy atom. The van der Waals surface area contributed by atoms with Crippen LogP contribution < -0.4 is 4.74 Å². The number of hydrogen-bond donors (Lipinski definition) is 0. The maximum absolute atomic E-state index is 13.3. The number of ether oxygens (including phenoxy) is 2. The van der Waals surface area contributed by atoms with E-state index in [9.17, 15) is 18.8 Å². The van der Waals surface area contributed by atoms with Crippen LogP contribution >= 0.6 is 34.4 Å². The first kappa shape index (κ1) is 23.7. The Kier molecular flexibility index (Phi) is 7.66. The van der Waals surface area contributed by atoms with Gasteiger partial charge in [-0.3, -0.25) is 19.3 Å². The summed E-state index contributed by atoms with van der Waals surface area (Å²) >= 11 is 2.94. The molecule has 10 heteroatoms. The van der Waals surface area contributed by atoms with Crippen LogP contribution in [0.5, 0.6) is 5.75 Å². The molecule has 2 saturated heterocycles. The van der Waals surface area contributed by atoms with E-state index in [4.69, 9.17) is 9.47 Å². The van der Waals surface area contributed by atoms with E-state index >= 15 is 0 Å². The van der Waals surface area contributed by atoms with Gasteiger partial charge in [0.05, 0.1) is 21.7 Å². The molecule has 172 valence electrons. The summed E-state index contributed by atoms with van der Waals surface area (Å²) in [6.07, 6.45) is 1.63. The van der Waals surface area contributed by atoms with Gasteiger partial charge in [-0.15, -0.1) is 0 Å². The highest BCUT2D eigenvalue weighted by molar-refractivity contribution is 14.1. The highest BCUT2D eigenvalue weighted by Gasteiger charge is 2.37. The number of benzene rings is 2. The fourth-order valence-electron chi connectivity index (χ4n) is 3.35. The van der Waals surface area contributed by atoms with Gasteiger partial charge < -0.3 is 14.4 Å². The predicted octanol–water partition coefficient (Wildman–Crippen LogP) is 3.90. The Balaban J connectivity index is 1.40. The molecule has 0 N–H and O–H groups in total. The summed E-state index contributed by atoms with van der Waals surface area (Å²) in [5.74, 6) is -0.438. The number of imide groups is 1. The summed E-state index contributed by atoms with van der Waals surface area (Å²) in [5.41, 5.74) is 1.44. The van der Waals surface area contributed by atoms with Gasteiger partial charge in [0.25, 0.3) is 11.1 Å². The lowest BCUT2D eigenvalue weighted by atomic mass is 10.2. The monoisotopic (exact) mass is 582 g/mol. The van der Waals surface area contributed by atoms with Crippen molar-refractivity contribution in [3.05, 3.63) is 67.9 Å². The zero-order valence-corrected chi connectivity index (χ0v) is 20.4. The summed E-state index contributed by atoms with van der Waals surface area (Å²) in [6, 6.07) is 11.6. The first-order chi connectivity index (χ1) is 15.9. The molecule has 7 nitrogen and oxygen atoms in total. The lowest BCUT2D eigenvalue weighted by Gasteiger charge is -2.28. The molecule has 2 fully saturated rings. The van der Waals surface area contributed by atoms with E-state index in [0.29, 0.717) is 32.1 Å². The number of halogens is 2. The molecule has 4 rings (SSSR count). The molecule has 0 radical (unpaired) electrons. The number of rotatable bonds is 6. The molecule has 2 heterocycles. The van der Waals surface area contributed by atoms with Gasteiger partial charge in [0.15, 0.2) is 0 Å². The SMILES string of the molecule is O=C(CN1C(=O)S/C(=C/c2ccc(OCc3cccc(F)c3)c(I)c2)C1=O)N1CCOCC1. The van der Waals surface area contributed by atoms with Crippen LogP contribution in [0.25, 0.3) is 6.08 Å². The van der Waals surface area contributed by atoms with Gasteiger partial charge in [0.1, 0.15) is 24.7 Å². The third kappa shape index (κ3) is 5.92. The number of amides is 3. The lowest BCUT2D eigenvalue weighted by molar-refractivity contribution is -0.139. The fourth-order valence-corrected chi connectivity index (χ4v) is 4.88. The minimum atomic E-state index is -0.479. The Morgan fingerprint density at radius 3 is 2.70 bits per heavy atom. The number of carbonyl (C=O) groups excluding carboxylic acids is 3. The number of carbonyl (C=O) groups is 3. The Bertz CT molecular complexity index is 1120. The fraction of sp³-hybridized carbons (Fsp3) is 0.261. The molecule has 2 aromatic rings. The van der Waals surface area contributed by atoms with Crippen molar-refractivity contribution in [1.82, 2.24) is 9.80 Å². The maximum Gasteiger partial charge on any atom is 0.294 e. The molecule has 3 amide bonds. The average molecular weight is 582 g/mol. The third-order valence-corrected chi connectivity index (χ3v) is 6.82. The van der Waals surface area contributed by atoms with Gasteiger partial charge >= 0.3 is 0 Å². The highest BCUT2D eigenvalue weighted by Crippen LogP contribution is 2.33. The van der Waals surface area contributed by atoms with Crippen LogP contribution in [0.2, 0.25) is 0 Å². The van der Waals surface area contributed by atoms with Crippen LogP contribution in [0.15, 0.2) is 47.4 Å². The summed E-state index contributed by atoms with van der Waals surface area (Å²) in [4.78, 5) is 40.4. The Morgan fingerprint density at radius 2 is 1.97 bits per heavy atom. The average Bonchev–Trinajstić information content (AvgIpc) is 3.06. The van der Waals surface area contributed by atoms with E-state index in [-0.39, 0.29) is 29.8 Å². The molecular formula is C23H20FIN2O5S. The molecule has 0 aliphatic carbocycles. The highest BCUT2D eigenvalue weighted by atomic mass is 127. The molecule has 33 heavy (non-hydrogen) atoms. The zero-order valence-electron chi connectivity index (χ0n) is 17.5. The van der Waals surface area contributed by atoms with Gasteiger partial charge in [-0.05, 0) is 75.8 Å². The summed E-state index contributed by atoms with van der Waals surface area (Å²) in [7, 11) is 0. The molecule has 0 saturated carbocycles. The van der Waals surface area contributed by atoms with Crippen LogP contribution in [0.4, 0.5) is 9.18 Å².